The van der Waals surface area contributed by atoms with Gasteiger partial charge in [-0.15, -0.1) is 11.3 Å². The standard InChI is InChI=1S/C15H15BrFNS/c1-9-5-6-11(17)13(7-9)18-12-3-2-4-14-10(12)8-15(16)19-14/h5-8,12,18H,2-4H2,1H3. The van der Waals surface area contributed by atoms with Crippen molar-refractivity contribution in [2.24, 2.45) is 0 Å². The third-order valence-electron chi connectivity index (χ3n) is 3.54. The highest BCUT2D eigenvalue weighted by Crippen LogP contribution is 2.39. The lowest BCUT2D eigenvalue weighted by Gasteiger charge is -2.25. The molecule has 1 heterocycles. The maximum Gasteiger partial charge on any atom is 0.146 e. The highest BCUT2D eigenvalue weighted by Gasteiger charge is 2.23. The van der Waals surface area contributed by atoms with Crippen LogP contribution in [0.15, 0.2) is 28.1 Å². The number of aryl methyl sites for hydroxylation is 2. The van der Waals surface area contributed by atoms with Gasteiger partial charge < -0.3 is 5.32 Å². The molecule has 0 fully saturated rings. The fraction of sp³-hybridized carbons (Fsp3) is 0.333. The van der Waals surface area contributed by atoms with Gasteiger partial charge in [0.05, 0.1) is 15.5 Å². The monoisotopic (exact) mass is 339 g/mol. The Morgan fingerprint density at radius 1 is 1.37 bits per heavy atom. The normalized spacial score (nSPS) is 18.2. The lowest BCUT2D eigenvalue weighted by Crippen LogP contribution is -2.16. The Hall–Kier alpha value is -0.870. The van der Waals surface area contributed by atoms with Crippen molar-refractivity contribution in [3.05, 3.63) is 49.9 Å². The molecule has 1 aliphatic rings. The molecule has 3 rings (SSSR count). The van der Waals surface area contributed by atoms with Crippen molar-refractivity contribution in [1.82, 2.24) is 0 Å². The van der Waals surface area contributed by atoms with Crippen LogP contribution in [-0.4, -0.2) is 0 Å². The highest BCUT2D eigenvalue weighted by atomic mass is 79.9. The van der Waals surface area contributed by atoms with Gasteiger partial charge in [0.25, 0.3) is 0 Å². The first kappa shape index (κ1) is 13.1. The Morgan fingerprint density at radius 3 is 3.05 bits per heavy atom. The van der Waals surface area contributed by atoms with Crippen LogP contribution < -0.4 is 5.32 Å². The van der Waals surface area contributed by atoms with Crippen molar-refractivity contribution in [3.8, 4) is 0 Å². The van der Waals surface area contributed by atoms with E-state index in [0.717, 1.165) is 28.6 Å². The summed E-state index contributed by atoms with van der Waals surface area (Å²) in [6.45, 7) is 1.98. The van der Waals surface area contributed by atoms with Crippen LogP contribution in [0.4, 0.5) is 10.1 Å². The number of hydrogen-bond donors (Lipinski definition) is 1. The Kier molecular flexibility index (Phi) is 3.63. The Balaban J connectivity index is 1.90. The van der Waals surface area contributed by atoms with E-state index in [-0.39, 0.29) is 11.9 Å². The van der Waals surface area contributed by atoms with Crippen molar-refractivity contribution in [2.75, 3.05) is 5.32 Å². The molecule has 0 bridgehead atoms. The third kappa shape index (κ3) is 2.70. The maximum atomic E-state index is 13.8. The van der Waals surface area contributed by atoms with Crippen LogP contribution in [0.3, 0.4) is 0 Å². The van der Waals surface area contributed by atoms with Gasteiger partial charge in [-0.25, -0.2) is 4.39 Å². The van der Waals surface area contributed by atoms with Crippen molar-refractivity contribution in [1.29, 1.82) is 0 Å². The second kappa shape index (κ2) is 5.25. The van der Waals surface area contributed by atoms with Gasteiger partial charge in [-0.3, -0.25) is 0 Å². The summed E-state index contributed by atoms with van der Waals surface area (Å²) in [5, 5.41) is 3.37. The molecular formula is C15H15BrFNS. The van der Waals surface area contributed by atoms with Gasteiger partial charge in [0.15, 0.2) is 0 Å². The van der Waals surface area contributed by atoms with Crippen LogP contribution in [0.2, 0.25) is 0 Å². The van der Waals surface area contributed by atoms with Crippen LogP contribution in [-0.2, 0) is 6.42 Å². The Bertz CT molecular complexity index is 608. The average molecular weight is 340 g/mol. The smallest absolute Gasteiger partial charge is 0.146 e. The van der Waals surface area contributed by atoms with Crippen LogP contribution in [0, 0.1) is 12.7 Å². The summed E-state index contributed by atoms with van der Waals surface area (Å²) in [7, 11) is 0. The molecule has 1 aliphatic carbocycles. The molecule has 0 aliphatic heterocycles. The summed E-state index contributed by atoms with van der Waals surface area (Å²) in [5.74, 6) is -0.174. The minimum atomic E-state index is -0.174. The van der Waals surface area contributed by atoms with Crippen molar-refractivity contribution >= 4 is 33.0 Å². The highest BCUT2D eigenvalue weighted by molar-refractivity contribution is 9.11. The molecule has 0 spiro atoms. The quantitative estimate of drug-likeness (QED) is 0.767. The van der Waals surface area contributed by atoms with Gasteiger partial charge in [-0.2, -0.15) is 0 Å². The molecule has 4 heteroatoms. The number of hydrogen-bond acceptors (Lipinski definition) is 2. The number of thiophene rings is 1. The van der Waals surface area contributed by atoms with E-state index >= 15 is 0 Å². The number of halogens is 2. The third-order valence-corrected chi connectivity index (χ3v) is 5.25. The Morgan fingerprint density at radius 2 is 2.21 bits per heavy atom. The van der Waals surface area contributed by atoms with Crippen molar-refractivity contribution in [2.45, 2.75) is 32.2 Å². The molecule has 1 aromatic heterocycles. The first-order valence-electron chi connectivity index (χ1n) is 6.44. The van der Waals surface area contributed by atoms with E-state index in [4.69, 9.17) is 0 Å². The number of nitrogens with one attached hydrogen (secondary N) is 1. The lowest BCUT2D eigenvalue weighted by atomic mass is 9.94. The molecule has 0 radical (unpaired) electrons. The van der Waals surface area contributed by atoms with E-state index in [9.17, 15) is 4.39 Å². The predicted octanol–water partition coefficient (Wildman–Crippen LogP) is 5.45. The van der Waals surface area contributed by atoms with Crippen LogP contribution in [0.5, 0.6) is 0 Å². The summed E-state index contributed by atoms with van der Waals surface area (Å²) in [6.07, 6.45) is 3.36. The van der Waals surface area contributed by atoms with Crippen molar-refractivity contribution < 1.29 is 4.39 Å². The average Bonchev–Trinajstić information content (AvgIpc) is 2.75. The largest absolute Gasteiger partial charge is 0.376 e. The Labute approximate surface area is 125 Å². The van der Waals surface area contributed by atoms with Gasteiger partial charge >= 0.3 is 0 Å². The van der Waals surface area contributed by atoms with E-state index in [1.807, 2.05) is 13.0 Å². The minimum absolute atomic E-state index is 0.174. The van der Waals surface area contributed by atoms with Gasteiger partial charge in [-0.05, 0) is 71.4 Å². The van der Waals surface area contributed by atoms with E-state index in [1.54, 1.807) is 17.4 Å². The number of anilines is 1. The molecule has 1 aromatic carbocycles. The first-order valence-corrected chi connectivity index (χ1v) is 8.05. The second-order valence-corrected chi connectivity index (χ2v) is 7.52. The van der Waals surface area contributed by atoms with E-state index in [0.29, 0.717) is 5.69 Å². The fourth-order valence-electron chi connectivity index (χ4n) is 2.61. The molecule has 1 nitrogen and oxygen atoms in total. The summed E-state index contributed by atoms with van der Waals surface area (Å²) in [4.78, 5) is 1.42. The van der Waals surface area contributed by atoms with Crippen molar-refractivity contribution in [3.63, 3.8) is 0 Å². The fourth-order valence-corrected chi connectivity index (χ4v) is 4.43. The number of fused-ring (bicyclic) bond motifs is 1. The molecule has 1 unspecified atom stereocenters. The topological polar surface area (TPSA) is 12.0 Å². The van der Waals surface area contributed by atoms with Crippen LogP contribution >= 0.6 is 27.3 Å². The molecule has 100 valence electrons. The molecular weight excluding hydrogens is 325 g/mol. The van der Waals surface area contributed by atoms with E-state index in [1.165, 1.54) is 16.5 Å². The van der Waals surface area contributed by atoms with Gasteiger partial charge in [0, 0.05) is 4.88 Å². The zero-order valence-electron chi connectivity index (χ0n) is 10.7. The number of rotatable bonds is 2. The summed E-state index contributed by atoms with van der Waals surface area (Å²) >= 11 is 5.34. The van der Waals surface area contributed by atoms with Crippen LogP contribution in [0.1, 0.15) is 34.9 Å². The molecule has 0 amide bonds. The summed E-state index contributed by atoms with van der Waals surface area (Å²) in [5.41, 5.74) is 3.01. The molecule has 0 saturated heterocycles. The SMILES string of the molecule is Cc1ccc(F)c(NC2CCCc3sc(Br)cc32)c1. The van der Waals surface area contributed by atoms with E-state index < -0.39 is 0 Å². The minimum Gasteiger partial charge on any atom is -0.376 e. The first-order chi connectivity index (χ1) is 9.13. The van der Waals surface area contributed by atoms with Gasteiger partial charge in [0.2, 0.25) is 0 Å². The van der Waals surface area contributed by atoms with Gasteiger partial charge in [0.1, 0.15) is 5.82 Å². The molecule has 2 aromatic rings. The van der Waals surface area contributed by atoms with Gasteiger partial charge in [-0.1, -0.05) is 6.07 Å². The summed E-state index contributed by atoms with van der Waals surface area (Å²) < 4.78 is 15.0. The zero-order valence-corrected chi connectivity index (χ0v) is 13.1. The summed E-state index contributed by atoms with van der Waals surface area (Å²) in [6, 6.07) is 7.61. The predicted molar refractivity (Wildman–Crippen MR) is 82.5 cm³/mol. The van der Waals surface area contributed by atoms with E-state index in [2.05, 4.69) is 27.3 Å². The molecule has 1 atom stereocenters. The maximum absolute atomic E-state index is 13.8. The molecule has 19 heavy (non-hydrogen) atoms. The molecule has 0 saturated carbocycles. The van der Waals surface area contributed by atoms with Crippen LogP contribution in [0.25, 0.3) is 0 Å². The number of benzene rings is 1. The molecule has 1 N–H and O–H groups in total. The second-order valence-electron chi connectivity index (χ2n) is 5.00. The zero-order chi connectivity index (χ0) is 13.4. The lowest BCUT2D eigenvalue weighted by molar-refractivity contribution is 0.592.